The molecule has 0 radical (unpaired) electrons. The zero-order valence-electron chi connectivity index (χ0n) is 47.2. The molecule has 0 saturated carbocycles. The lowest BCUT2D eigenvalue weighted by Crippen LogP contribution is -2.59. The van der Waals surface area contributed by atoms with Gasteiger partial charge < -0.3 is 57.1 Å². The Bertz CT molecular complexity index is 2730. The van der Waals surface area contributed by atoms with Crippen molar-refractivity contribution in [3.05, 3.63) is 143 Å². The Morgan fingerprint density at radius 1 is 0.544 bits per heavy atom. The number of hydrogen-bond acceptors (Lipinski definition) is 11. The van der Waals surface area contributed by atoms with E-state index in [1.807, 2.05) is 133 Å². The number of likely N-dealkylation sites (tertiary alicyclic amines) is 2. The molecule has 79 heavy (non-hydrogen) atoms. The molecule has 9 atom stereocenters. The van der Waals surface area contributed by atoms with E-state index in [9.17, 15) is 38.4 Å². The fraction of sp³-hybridized carbons (Fsp3) is 0.467. The third-order valence-corrected chi connectivity index (χ3v) is 14.5. The van der Waals surface area contributed by atoms with Crippen LogP contribution in [0.5, 0.6) is 0 Å². The lowest BCUT2D eigenvalue weighted by Gasteiger charge is -2.36. The van der Waals surface area contributed by atoms with Crippen LogP contribution in [0.1, 0.15) is 112 Å². The summed E-state index contributed by atoms with van der Waals surface area (Å²) in [6.07, 6.45) is 0.154. The lowest BCUT2D eigenvalue weighted by atomic mass is 9.85. The van der Waals surface area contributed by atoms with Gasteiger partial charge in [0.15, 0.2) is 0 Å². The van der Waals surface area contributed by atoms with Gasteiger partial charge in [0.2, 0.25) is 35.4 Å². The van der Waals surface area contributed by atoms with E-state index in [0.29, 0.717) is 6.61 Å². The summed E-state index contributed by atoms with van der Waals surface area (Å²) in [7, 11) is 3.28. The Balaban J connectivity index is 1.18. The molecule has 2 fully saturated rings. The molecule has 2 aliphatic heterocycles. The number of likely N-dealkylation sites (N-methyl/N-ethyl adjacent to an activating group) is 2. The SMILES string of the molecule is CN[C@@H](C)C(=O)N[C@H](C(=O)N1C[C@@H](NC(=O)c2ccc(C(=O)N[C@H]3C[C@@H](C(=O)N[C@@H](COCc4ccccc4)c4ccccc4)N(C(=O)[C@@H](NC(=O)[C@H](C)NC)C(C)(C)C)C3)cc2)C[C@H]1C(=O)NCc1ccccc1)C(C)(C)C. The minimum atomic E-state index is -1.05. The molecule has 2 aliphatic rings. The van der Waals surface area contributed by atoms with E-state index in [1.54, 1.807) is 27.9 Å². The highest BCUT2D eigenvalue weighted by molar-refractivity contribution is 5.99. The van der Waals surface area contributed by atoms with E-state index in [-0.39, 0.29) is 56.1 Å². The minimum Gasteiger partial charge on any atom is -0.374 e. The second-order valence-corrected chi connectivity index (χ2v) is 22.7. The zero-order chi connectivity index (χ0) is 57.6. The van der Waals surface area contributed by atoms with E-state index in [2.05, 4.69) is 42.5 Å². The molecule has 2 saturated heterocycles. The Kier molecular flexibility index (Phi) is 21.1. The number of hydrogen-bond donors (Lipinski definition) is 8. The van der Waals surface area contributed by atoms with Gasteiger partial charge in [-0.1, -0.05) is 133 Å². The number of nitrogens with one attached hydrogen (secondary N) is 8. The molecule has 0 spiro atoms. The predicted octanol–water partition coefficient (Wildman–Crippen LogP) is 3.75. The Morgan fingerprint density at radius 3 is 1.37 bits per heavy atom. The summed E-state index contributed by atoms with van der Waals surface area (Å²) in [5.41, 5.74) is 1.52. The molecule has 8 amide bonds. The summed E-state index contributed by atoms with van der Waals surface area (Å²) in [5.74, 6) is -3.60. The maximum Gasteiger partial charge on any atom is 0.251 e. The Hall–Kier alpha value is -7.48. The van der Waals surface area contributed by atoms with Crippen molar-refractivity contribution in [1.29, 1.82) is 0 Å². The number of amides is 8. The van der Waals surface area contributed by atoms with Gasteiger partial charge in [-0.3, -0.25) is 38.4 Å². The van der Waals surface area contributed by atoms with E-state index in [4.69, 9.17) is 4.74 Å². The van der Waals surface area contributed by atoms with E-state index < -0.39 is 107 Å². The van der Waals surface area contributed by atoms with Crippen LogP contribution < -0.4 is 42.5 Å². The maximum atomic E-state index is 14.8. The first-order chi connectivity index (χ1) is 37.5. The van der Waals surface area contributed by atoms with Crippen molar-refractivity contribution in [3.8, 4) is 0 Å². The number of ether oxygens (including phenoxy) is 1. The van der Waals surface area contributed by atoms with Gasteiger partial charge in [0, 0.05) is 42.8 Å². The van der Waals surface area contributed by atoms with Gasteiger partial charge in [-0.15, -0.1) is 0 Å². The molecule has 0 aliphatic carbocycles. The summed E-state index contributed by atoms with van der Waals surface area (Å²) >= 11 is 0. The quantitative estimate of drug-likeness (QED) is 0.0563. The monoisotopic (exact) mass is 1080 g/mol. The molecule has 424 valence electrons. The van der Waals surface area contributed by atoms with E-state index in [1.165, 1.54) is 34.1 Å². The number of rotatable bonds is 22. The smallest absolute Gasteiger partial charge is 0.251 e. The third-order valence-electron chi connectivity index (χ3n) is 14.5. The molecule has 4 aromatic rings. The lowest BCUT2D eigenvalue weighted by molar-refractivity contribution is -0.144. The van der Waals surface area contributed by atoms with Crippen molar-refractivity contribution in [3.63, 3.8) is 0 Å². The van der Waals surface area contributed by atoms with Gasteiger partial charge in [0.25, 0.3) is 11.8 Å². The first-order valence-corrected chi connectivity index (χ1v) is 27.1. The van der Waals surface area contributed by atoms with Gasteiger partial charge in [0.05, 0.1) is 31.3 Å². The van der Waals surface area contributed by atoms with Crippen LogP contribution in [0.2, 0.25) is 0 Å². The third kappa shape index (κ3) is 16.5. The standard InChI is InChI=1S/C60H80N10O9/c1-37(61-9)51(71)67-49(59(3,4)5)57(77)69-33-44(30-47(69)55(75)63-32-39-20-14-11-15-21-39)64-53(73)42-26-28-43(29-27-42)54(74)65-45-31-48(70(34-45)58(78)50(60(6,7)8)68-52(72)38(2)62-10)56(76)66-46(41-24-18-13-19-25-41)36-79-35-40-22-16-12-17-23-40/h11-29,37-38,44-50,61-62H,30-36H2,1-10H3,(H,63,75)(H,64,73)(H,65,74)(H,66,76)(H,67,71)(H,68,72)/t37-,38-,44-,45-,46-,47-,48-,49+,50+/m0/s1. The summed E-state index contributed by atoms with van der Waals surface area (Å²) in [6, 6.07) is 27.2. The second-order valence-electron chi connectivity index (χ2n) is 22.7. The molecule has 0 bridgehead atoms. The number of benzene rings is 4. The Labute approximate surface area is 464 Å². The van der Waals surface area contributed by atoms with Gasteiger partial charge in [-0.2, -0.15) is 0 Å². The first kappa shape index (κ1) is 60.7. The summed E-state index contributed by atoms with van der Waals surface area (Å²) in [5, 5.41) is 23.6. The molecule has 19 nitrogen and oxygen atoms in total. The molecular formula is C60H80N10O9. The maximum absolute atomic E-state index is 14.8. The van der Waals surface area contributed by atoms with E-state index >= 15 is 0 Å². The van der Waals surface area contributed by atoms with Gasteiger partial charge in [0.1, 0.15) is 24.2 Å². The predicted molar refractivity (Wildman–Crippen MR) is 301 cm³/mol. The van der Waals surface area contributed by atoms with Crippen LogP contribution in [0.15, 0.2) is 115 Å². The number of carbonyl (C=O) groups is 8. The van der Waals surface area contributed by atoms with Crippen LogP contribution in [0.25, 0.3) is 0 Å². The summed E-state index contributed by atoms with van der Waals surface area (Å²) < 4.78 is 6.12. The molecular weight excluding hydrogens is 1000 g/mol. The van der Waals surface area contributed by atoms with Crippen LogP contribution in [0.4, 0.5) is 0 Å². The van der Waals surface area contributed by atoms with Gasteiger partial charge in [-0.05, 0) is 92.6 Å². The van der Waals surface area contributed by atoms with Crippen LogP contribution in [-0.2, 0) is 46.7 Å². The van der Waals surface area contributed by atoms with Crippen molar-refractivity contribution in [2.45, 2.75) is 136 Å². The normalized spacial score (nSPS) is 19.2. The molecule has 0 aromatic heterocycles. The highest BCUT2D eigenvalue weighted by Crippen LogP contribution is 2.29. The van der Waals surface area contributed by atoms with Crippen molar-refractivity contribution in [2.75, 3.05) is 33.8 Å². The second kappa shape index (κ2) is 27.4. The first-order valence-electron chi connectivity index (χ1n) is 27.1. The summed E-state index contributed by atoms with van der Waals surface area (Å²) in [6.45, 7) is 14.9. The van der Waals surface area contributed by atoms with Crippen LogP contribution in [-0.4, -0.2) is 139 Å². The van der Waals surface area contributed by atoms with Crippen LogP contribution >= 0.6 is 0 Å². The topological polar surface area (TPSA) is 249 Å². The van der Waals surface area contributed by atoms with Crippen molar-refractivity contribution < 1.29 is 43.1 Å². The highest BCUT2D eigenvalue weighted by Gasteiger charge is 2.47. The largest absolute Gasteiger partial charge is 0.374 e. The average molecular weight is 1090 g/mol. The summed E-state index contributed by atoms with van der Waals surface area (Å²) in [4.78, 5) is 115. The average Bonchev–Trinajstić information content (AvgIpc) is 4.20. The van der Waals surface area contributed by atoms with Gasteiger partial charge in [-0.25, -0.2) is 0 Å². The van der Waals surface area contributed by atoms with Crippen molar-refractivity contribution in [2.24, 2.45) is 10.8 Å². The molecule has 8 N–H and O–H groups in total. The highest BCUT2D eigenvalue weighted by atomic mass is 16.5. The molecule has 6 rings (SSSR count). The minimum absolute atomic E-state index is 0.00860. The fourth-order valence-electron chi connectivity index (χ4n) is 9.55. The van der Waals surface area contributed by atoms with Crippen molar-refractivity contribution >= 4 is 47.3 Å². The molecule has 0 unspecified atom stereocenters. The molecule has 4 aromatic carbocycles. The number of carbonyl (C=O) groups excluding carboxylic acids is 8. The fourth-order valence-corrected chi connectivity index (χ4v) is 9.55. The Morgan fingerprint density at radius 2 is 0.949 bits per heavy atom. The zero-order valence-corrected chi connectivity index (χ0v) is 47.2. The van der Waals surface area contributed by atoms with Crippen LogP contribution in [0, 0.1) is 10.8 Å². The van der Waals surface area contributed by atoms with Crippen LogP contribution in [0.3, 0.4) is 0 Å². The number of nitrogens with zero attached hydrogens (tertiary/aromatic N) is 2. The van der Waals surface area contributed by atoms with Gasteiger partial charge >= 0.3 is 0 Å². The molecule has 2 heterocycles. The molecule has 19 heteroatoms. The van der Waals surface area contributed by atoms with Crippen molar-refractivity contribution in [1.82, 2.24) is 52.3 Å². The van der Waals surface area contributed by atoms with E-state index in [0.717, 1.165) is 16.7 Å².